The minimum Gasteiger partial charge on any atom is -0.388 e. The maximum atomic E-state index is 10.7. The Kier molecular flexibility index (Phi) is 3.99. The van der Waals surface area contributed by atoms with Crippen molar-refractivity contribution in [1.29, 1.82) is 0 Å². The molecule has 0 aliphatic heterocycles. The van der Waals surface area contributed by atoms with Gasteiger partial charge in [-0.05, 0) is 17.9 Å². The number of rotatable bonds is 4. The molecule has 0 amide bonds. The van der Waals surface area contributed by atoms with E-state index in [9.17, 15) is 5.11 Å². The van der Waals surface area contributed by atoms with E-state index in [2.05, 4.69) is 12.0 Å². The lowest BCUT2D eigenvalue weighted by molar-refractivity contribution is -0.0503. The van der Waals surface area contributed by atoms with Crippen molar-refractivity contribution in [1.82, 2.24) is 9.78 Å². The Morgan fingerprint density at radius 1 is 1.41 bits per heavy atom. The fourth-order valence-corrected chi connectivity index (χ4v) is 1.85. The summed E-state index contributed by atoms with van der Waals surface area (Å²) in [6.07, 6.45) is 1.45. The van der Waals surface area contributed by atoms with Gasteiger partial charge < -0.3 is 10.8 Å². The van der Waals surface area contributed by atoms with Crippen molar-refractivity contribution in [2.45, 2.75) is 46.1 Å². The van der Waals surface area contributed by atoms with Crippen LogP contribution in [0.2, 0.25) is 0 Å². The predicted octanol–water partition coefficient (Wildman–Crippen LogP) is 1.26. The van der Waals surface area contributed by atoms with Gasteiger partial charge in [0, 0.05) is 25.7 Å². The maximum absolute atomic E-state index is 10.7. The molecular weight excluding hydrogens is 214 g/mol. The van der Waals surface area contributed by atoms with Gasteiger partial charge in [0.2, 0.25) is 0 Å². The van der Waals surface area contributed by atoms with Crippen LogP contribution >= 0.6 is 0 Å². The Balaban J connectivity index is 2.99. The lowest BCUT2D eigenvalue weighted by Gasteiger charge is -2.39. The van der Waals surface area contributed by atoms with Crippen molar-refractivity contribution in [2.24, 2.45) is 18.2 Å². The third-order valence-corrected chi connectivity index (χ3v) is 3.60. The highest BCUT2D eigenvalue weighted by Gasteiger charge is 2.39. The van der Waals surface area contributed by atoms with E-state index in [0.29, 0.717) is 6.42 Å². The third-order valence-electron chi connectivity index (χ3n) is 3.60. The summed E-state index contributed by atoms with van der Waals surface area (Å²) in [5, 5.41) is 15.0. The molecule has 1 unspecified atom stereocenters. The number of aryl methyl sites for hydroxylation is 2. The molecule has 0 bridgehead atoms. The second kappa shape index (κ2) is 4.78. The van der Waals surface area contributed by atoms with Gasteiger partial charge >= 0.3 is 0 Å². The molecule has 0 aliphatic rings. The van der Waals surface area contributed by atoms with E-state index in [4.69, 9.17) is 5.73 Å². The van der Waals surface area contributed by atoms with Gasteiger partial charge in [0.1, 0.15) is 0 Å². The van der Waals surface area contributed by atoms with Crippen molar-refractivity contribution < 1.29 is 5.11 Å². The van der Waals surface area contributed by atoms with Gasteiger partial charge in [-0.1, -0.05) is 27.7 Å². The van der Waals surface area contributed by atoms with Gasteiger partial charge in [-0.2, -0.15) is 5.10 Å². The van der Waals surface area contributed by atoms with Crippen LogP contribution in [0.1, 0.15) is 39.1 Å². The molecule has 0 aromatic carbocycles. The van der Waals surface area contributed by atoms with E-state index in [1.165, 1.54) is 0 Å². The van der Waals surface area contributed by atoms with Gasteiger partial charge in [-0.15, -0.1) is 0 Å². The molecule has 3 N–H and O–H groups in total. The van der Waals surface area contributed by atoms with E-state index in [1.807, 2.05) is 38.6 Å². The van der Waals surface area contributed by atoms with E-state index in [-0.39, 0.29) is 12.0 Å². The Hall–Kier alpha value is -0.870. The Bertz CT molecular complexity index is 379. The van der Waals surface area contributed by atoms with E-state index < -0.39 is 5.60 Å². The number of nitrogens with zero attached hydrogens (tertiary/aromatic N) is 2. The van der Waals surface area contributed by atoms with Crippen LogP contribution < -0.4 is 5.73 Å². The fraction of sp³-hybridized carbons (Fsp3) is 0.769. The average molecular weight is 239 g/mol. The number of hydrogen-bond donors (Lipinski definition) is 2. The Labute approximate surface area is 104 Å². The SMILES string of the molecule is CCc1cc(CC(O)(CN)C(C)(C)C)n(C)n1. The van der Waals surface area contributed by atoms with Crippen LogP contribution in [0.5, 0.6) is 0 Å². The predicted molar refractivity (Wildman–Crippen MR) is 69.7 cm³/mol. The van der Waals surface area contributed by atoms with Crippen LogP contribution in [0.4, 0.5) is 0 Å². The van der Waals surface area contributed by atoms with Crippen LogP contribution in [-0.4, -0.2) is 27.0 Å². The zero-order valence-corrected chi connectivity index (χ0v) is 11.6. The summed E-state index contributed by atoms with van der Waals surface area (Å²) in [5.41, 5.74) is 6.69. The first-order chi connectivity index (χ1) is 7.73. The fourth-order valence-electron chi connectivity index (χ4n) is 1.85. The summed E-state index contributed by atoms with van der Waals surface area (Å²) >= 11 is 0. The highest BCUT2D eigenvalue weighted by Crippen LogP contribution is 2.32. The number of hydrogen-bond acceptors (Lipinski definition) is 3. The van der Waals surface area contributed by atoms with E-state index in [1.54, 1.807) is 0 Å². The van der Waals surface area contributed by atoms with Crippen LogP contribution in [-0.2, 0) is 19.9 Å². The Morgan fingerprint density at radius 3 is 2.35 bits per heavy atom. The summed E-state index contributed by atoms with van der Waals surface area (Å²) in [6, 6.07) is 2.05. The number of nitrogens with two attached hydrogens (primary N) is 1. The molecule has 0 saturated carbocycles. The second-order valence-electron chi connectivity index (χ2n) is 5.77. The molecule has 1 heterocycles. The smallest absolute Gasteiger partial charge is 0.0872 e. The quantitative estimate of drug-likeness (QED) is 0.831. The summed E-state index contributed by atoms with van der Waals surface area (Å²) in [4.78, 5) is 0. The van der Waals surface area contributed by atoms with Gasteiger partial charge in [-0.3, -0.25) is 4.68 Å². The summed E-state index contributed by atoms with van der Waals surface area (Å²) < 4.78 is 1.84. The molecule has 0 radical (unpaired) electrons. The highest BCUT2D eigenvalue weighted by atomic mass is 16.3. The largest absolute Gasteiger partial charge is 0.388 e. The maximum Gasteiger partial charge on any atom is 0.0872 e. The topological polar surface area (TPSA) is 64.1 Å². The molecular formula is C13H25N3O. The lowest BCUT2D eigenvalue weighted by Crippen LogP contribution is -2.51. The van der Waals surface area contributed by atoms with Crippen molar-refractivity contribution in [3.63, 3.8) is 0 Å². The molecule has 0 spiro atoms. The van der Waals surface area contributed by atoms with Crippen LogP contribution in [0.25, 0.3) is 0 Å². The zero-order chi connectivity index (χ0) is 13.3. The van der Waals surface area contributed by atoms with Crippen molar-refractivity contribution in [2.75, 3.05) is 6.54 Å². The summed E-state index contributed by atoms with van der Waals surface area (Å²) in [7, 11) is 1.91. The van der Waals surface area contributed by atoms with Gasteiger partial charge in [0.25, 0.3) is 0 Å². The van der Waals surface area contributed by atoms with E-state index >= 15 is 0 Å². The highest BCUT2D eigenvalue weighted by molar-refractivity contribution is 5.14. The monoisotopic (exact) mass is 239 g/mol. The van der Waals surface area contributed by atoms with Gasteiger partial charge in [-0.25, -0.2) is 0 Å². The molecule has 1 aromatic heterocycles. The van der Waals surface area contributed by atoms with Crippen LogP contribution in [0.3, 0.4) is 0 Å². The molecule has 4 nitrogen and oxygen atoms in total. The first-order valence-electron chi connectivity index (χ1n) is 6.17. The molecule has 4 heteroatoms. The standard InChI is InChI=1S/C13H25N3O/c1-6-10-7-11(16(5)15-10)8-13(17,9-14)12(2,3)4/h7,17H,6,8-9,14H2,1-5H3. The lowest BCUT2D eigenvalue weighted by atomic mass is 9.74. The van der Waals surface area contributed by atoms with Crippen molar-refractivity contribution in [3.8, 4) is 0 Å². The van der Waals surface area contributed by atoms with Gasteiger partial charge in [0.15, 0.2) is 0 Å². The number of aliphatic hydroxyl groups is 1. The van der Waals surface area contributed by atoms with Crippen molar-refractivity contribution in [3.05, 3.63) is 17.5 Å². The summed E-state index contributed by atoms with van der Waals surface area (Å²) in [6.45, 7) is 8.36. The molecule has 0 saturated heterocycles. The van der Waals surface area contributed by atoms with Crippen LogP contribution in [0, 0.1) is 5.41 Å². The first kappa shape index (κ1) is 14.2. The molecule has 1 aromatic rings. The minimum atomic E-state index is -0.897. The van der Waals surface area contributed by atoms with E-state index in [0.717, 1.165) is 17.8 Å². The molecule has 1 atom stereocenters. The number of aromatic nitrogens is 2. The molecule has 1 rings (SSSR count). The molecule has 98 valence electrons. The third kappa shape index (κ3) is 2.87. The Morgan fingerprint density at radius 2 is 2.00 bits per heavy atom. The van der Waals surface area contributed by atoms with Gasteiger partial charge in [0.05, 0.1) is 11.3 Å². The second-order valence-corrected chi connectivity index (χ2v) is 5.77. The van der Waals surface area contributed by atoms with Crippen LogP contribution in [0.15, 0.2) is 6.07 Å². The minimum absolute atomic E-state index is 0.252. The normalized spacial score (nSPS) is 15.9. The molecule has 17 heavy (non-hydrogen) atoms. The summed E-state index contributed by atoms with van der Waals surface area (Å²) in [5.74, 6) is 0. The average Bonchev–Trinajstić information content (AvgIpc) is 2.58. The van der Waals surface area contributed by atoms with Crippen molar-refractivity contribution >= 4 is 0 Å². The first-order valence-corrected chi connectivity index (χ1v) is 6.17. The molecule has 0 aliphatic carbocycles. The zero-order valence-electron chi connectivity index (χ0n) is 11.6. The molecule has 0 fully saturated rings.